The lowest BCUT2D eigenvalue weighted by Gasteiger charge is -2.34. The Balaban J connectivity index is 2.63. The largest absolute Gasteiger partial charge is 0.508 e. The van der Waals surface area contributed by atoms with Gasteiger partial charge in [0.15, 0.2) is 4.75 Å². The zero-order valence-electron chi connectivity index (χ0n) is 14.3. The van der Waals surface area contributed by atoms with Gasteiger partial charge in [-0.2, -0.15) is 8.42 Å². The van der Waals surface area contributed by atoms with Crippen LogP contribution in [0.2, 0.25) is 20.1 Å². The minimum atomic E-state index is -5.08. The number of rotatable bonds is 4. The van der Waals surface area contributed by atoms with Crippen molar-refractivity contribution < 1.29 is 23.2 Å². The third-order valence-corrected chi connectivity index (χ3v) is 6.96. The Bertz CT molecular complexity index is 1170. The Morgan fingerprint density at radius 3 is 1.79 bits per heavy atom. The smallest absolute Gasteiger partial charge is 0.283 e. The molecule has 3 rings (SSSR count). The van der Waals surface area contributed by atoms with Crippen molar-refractivity contribution in [2.24, 2.45) is 0 Å². The third kappa shape index (κ3) is 3.77. The molecule has 0 fully saturated rings. The van der Waals surface area contributed by atoms with Crippen LogP contribution in [0.4, 0.5) is 0 Å². The molecule has 0 amide bonds. The molecule has 3 N–H and O–H groups in total. The van der Waals surface area contributed by atoms with E-state index < -0.39 is 14.9 Å². The lowest BCUT2D eigenvalue weighted by atomic mass is 9.83. The summed E-state index contributed by atoms with van der Waals surface area (Å²) >= 11 is 24.8. The van der Waals surface area contributed by atoms with Crippen LogP contribution in [-0.4, -0.2) is 23.2 Å². The van der Waals surface area contributed by atoms with E-state index in [1.165, 1.54) is 36.4 Å². The van der Waals surface area contributed by atoms with Crippen molar-refractivity contribution in [2.75, 3.05) is 0 Å². The number of benzene rings is 3. The van der Waals surface area contributed by atoms with Gasteiger partial charge in [0.25, 0.3) is 10.1 Å². The quantitative estimate of drug-likeness (QED) is 0.311. The van der Waals surface area contributed by atoms with Crippen LogP contribution in [0.25, 0.3) is 0 Å². The molecular weight excluding hydrogens is 482 g/mol. The summed E-state index contributed by atoms with van der Waals surface area (Å²) in [5.74, 6) is -0.622. The predicted molar refractivity (Wildman–Crippen MR) is 114 cm³/mol. The minimum Gasteiger partial charge on any atom is -0.508 e. The second-order valence-corrected chi connectivity index (χ2v) is 9.33. The highest BCUT2D eigenvalue weighted by Gasteiger charge is 2.52. The molecule has 1 atom stereocenters. The zero-order chi connectivity index (χ0) is 21.6. The maximum atomic E-state index is 13.0. The fraction of sp³-hybridized carbons (Fsp3) is 0.0526. The maximum Gasteiger partial charge on any atom is 0.283 e. The molecule has 0 saturated heterocycles. The van der Waals surface area contributed by atoms with Crippen molar-refractivity contribution in [2.45, 2.75) is 4.75 Å². The number of hydrogen-bond acceptors (Lipinski definition) is 4. The highest BCUT2D eigenvalue weighted by Crippen LogP contribution is 2.52. The van der Waals surface area contributed by atoms with Crippen molar-refractivity contribution in [3.63, 3.8) is 0 Å². The highest BCUT2D eigenvalue weighted by atomic mass is 35.5. The summed E-state index contributed by atoms with van der Waals surface area (Å²) < 4.78 is 34.1. The first-order chi connectivity index (χ1) is 13.5. The topological polar surface area (TPSA) is 94.8 Å². The van der Waals surface area contributed by atoms with Gasteiger partial charge in [-0.05, 0) is 48.0 Å². The molecule has 0 aliphatic heterocycles. The monoisotopic (exact) mass is 492 g/mol. The Morgan fingerprint density at radius 1 is 0.724 bits per heavy atom. The molecule has 0 spiro atoms. The average molecular weight is 494 g/mol. The average Bonchev–Trinajstić information content (AvgIpc) is 2.60. The Kier molecular flexibility index (Phi) is 5.98. The molecule has 3 aromatic rings. The van der Waals surface area contributed by atoms with Crippen LogP contribution in [0.5, 0.6) is 11.5 Å². The standard InChI is InChI=1S/C19H12Cl4O5S/c20-11-3-1-10(2-4-11)19(29(26,27)28,14-7-12(24)5-6-15(14)21)18-16(22)8-13(25)9-17(18)23/h1-9,24-25H,(H,26,27,28). The number of phenolic OH excluding ortho intramolecular Hbond substituents is 2. The number of aromatic hydroxyl groups is 2. The van der Waals surface area contributed by atoms with Gasteiger partial charge in [-0.15, -0.1) is 0 Å². The van der Waals surface area contributed by atoms with Gasteiger partial charge in [0.2, 0.25) is 0 Å². The number of halogens is 4. The summed E-state index contributed by atoms with van der Waals surface area (Å²) in [4.78, 5) is 0. The normalized spacial score (nSPS) is 13.8. The van der Waals surface area contributed by atoms with Gasteiger partial charge < -0.3 is 10.2 Å². The van der Waals surface area contributed by atoms with Gasteiger partial charge in [-0.25, -0.2) is 0 Å². The molecule has 29 heavy (non-hydrogen) atoms. The van der Waals surface area contributed by atoms with Crippen LogP contribution >= 0.6 is 46.4 Å². The molecule has 0 aliphatic carbocycles. The van der Waals surface area contributed by atoms with E-state index in [2.05, 4.69) is 0 Å². The number of phenols is 2. The van der Waals surface area contributed by atoms with Crippen LogP contribution in [0.3, 0.4) is 0 Å². The van der Waals surface area contributed by atoms with Crippen LogP contribution < -0.4 is 0 Å². The lowest BCUT2D eigenvalue weighted by molar-refractivity contribution is 0.455. The van der Waals surface area contributed by atoms with Gasteiger partial charge in [0.05, 0.1) is 10.0 Å². The van der Waals surface area contributed by atoms with E-state index in [4.69, 9.17) is 46.4 Å². The van der Waals surface area contributed by atoms with Gasteiger partial charge in [-0.3, -0.25) is 4.55 Å². The second-order valence-electron chi connectivity index (χ2n) is 6.11. The fourth-order valence-electron chi connectivity index (χ4n) is 3.22. The van der Waals surface area contributed by atoms with Crippen molar-refractivity contribution in [1.29, 1.82) is 0 Å². The number of hydrogen-bond donors (Lipinski definition) is 3. The molecule has 0 aliphatic rings. The predicted octanol–water partition coefficient (Wildman–Crippen LogP) is 5.89. The van der Waals surface area contributed by atoms with Gasteiger partial charge in [-0.1, -0.05) is 58.5 Å². The Morgan fingerprint density at radius 2 is 1.28 bits per heavy atom. The first-order valence-electron chi connectivity index (χ1n) is 7.89. The van der Waals surface area contributed by atoms with Crippen LogP contribution in [-0.2, 0) is 14.9 Å². The Labute approximate surface area is 186 Å². The molecular formula is C19H12Cl4O5S. The first-order valence-corrected chi connectivity index (χ1v) is 10.8. The SMILES string of the molecule is O=S(=O)(O)C(c1ccc(Cl)cc1)(c1cc(O)ccc1Cl)c1c(Cl)cc(O)cc1Cl. The highest BCUT2D eigenvalue weighted by molar-refractivity contribution is 7.87. The molecule has 0 aromatic heterocycles. The van der Waals surface area contributed by atoms with Crippen LogP contribution in [0, 0.1) is 0 Å². The van der Waals surface area contributed by atoms with E-state index in [1.807, 2.05) is 0 Å². The van der Waals surface area contributed by atoms with Crippen LogP contribution in [0.15, 0.2) is 54.6 Å². The molecule has 0 heterocycles. The molecule has 0 radical (unpaired) electrons. The maximum absolute atomic E-state index is 13.0. The summed E-state index contributed by atoms with van der Waals surface area (Å²) in [5, 5.41) is 19.5. The van der Waals surface area contributed by atoms with E-state index in [-0.39, 0.29) is 43.3 Å². The third-order valence-electron chi connectivity index (χ3n) is 4.35. The first kappa shape index (κ1) is 22.0. The minimum absolute atomic E-state index is 0.00592. The van der Waals surface area contributed by atoms with E-state index in [0.29, 0.717) is 5.02 Å². The van der Waals surface area contributed by atoms with E-state index >= 15 is 0 Å². The van der Waals surface area contributed by atoms with Crippen molar-refractivity contribution in [3.05, 3.63) is 91.4 Å². The molecule has 152 valence electrons. The van der Waals surface area contributed by atoms with E-state index in [9.17, 15) is 23.2 Å². The van der Waals surface area contributed by atoms with E-state index in [0.717, 1.165) is 18.2 Å². The Hall–Kier alpha value is -1.67. The molecule has 5 nitrogen and oxygen atoms in total. The van der Waals surface area contributed by atoms with E-state index in [1.54, 1.807) is 0 Å². The lowest BCUT2D eigenvalue weighted by Crippen LogP contribution is -2.39. The summed E-state index contributed by atoms with van der Waals surface area (Å²) in [7, 11) is -5.08. The van der Waals surface area contributed by atoms with Gasteiger partial charge in [0, 0.05) is 21.2 Å². The van der Waals surface area contributed by atoms with Gasteiger partial charge >= 0.3 is 0 Å². The molecule has 3 aromatic carbocycles. The van der Waals surface area contributed by atoms with Crippen LogP contribution in [0.1, 0.15) is 16.7 Å². The summed E-state index contributed by atoms with van der Waals surface area (Å²) in [5.41, 5.74) is -0.444. The summed E-state index contributed by atoms with van der Waals surface area (Å²) in [6.07, 6.45) is 0. The van der Waals surface area contributed by atoms with Crippen molar-refractivity contribution >= 4 is 56.5 Å². The molecule has 10 heteroatoms. The van der Waals surface area contributed by atoms with Gasteiger partial charge in [0.1, 0.15) is 11.5 Å². The van der Waals surface area contributed by atoms with Crippen molar-refractivity contribution in [1.82, 2.24) is 0 Å². The second kappa shape index (κ2) is 7.87. The summed E-state index contributed by atoms with van der Waals surface area (Å²) in [6.45, 7) is 0. The summed E-state index contributed by atoms with van der Waals surface area (Å²) in [6, 6.07) is 11.3. The molecule has 1 unspecified atom stereocenters. The van der Waals surface area contributed by atoms with Crippen molar-refractivity contribution in [3.8, 4) is 11.5 Å². The molecule has 0 bridgehead atoms. The fourth-order valence-corrected chi connectivity index (χ4v) is 5.89. The molecule has 0 saturated carbocycles. The zero-order valence-corrected chi connectivity index (χ0v) is 18.1.